The lowest BCUT2D eigenvalue weighted by Gasteiger charge is -2.12. The molecule has 5 aromatic rings. The number of nitrogens with two attached hydrogens (primary N) is 1. The molecule has 4 N–H and O–H groups in total. The summed E-state index contributed by atoms with van der Waals surface area (Å²) in [4.78, 5) is 17.0. The molecule has 6 rings (SSSR count). The van der Waals surface area contributed by atoms with Crippen molar-refractivity contribution < 1.29 is 8.42 Å². The number of hydrogen-bond acceptors (Lipinski definition) is 6. The Balaban J connectivity index is 1.40. The Labute approximate surface area is 212 Å². The van der Waals surface area contributed by atoms with Crippen LogP contribution in [-0.2, 0) is 10.0 Å². The lowest BCUT2D eigenvalue weighted by molar-refractivity contribution is 0.532. The monoisotopic (exact) mass is 521 g/mol. The number of sulfonamides is 1. The number of anilines is 2. The van der Waals surface area contributed by atoms with Crippen molar-refractivity contribution in [3.05, 3.63) is 59.5 Å². The Morgan fingerprint density at radius 1 is 1.17 bits per heavy atom. The molecule has 1 aliphatic rings. The van der Waals surface area contributed by atoms with Crippen LogP contribution in [0.3, 0.4) is 0 Å². The number of aromatic amines is 1. The summed E-state index contributed by atoms with van der Waals surface area (Å²) in [5, 5.41) is 1.16. The van der Waals surface area contributed by atoms with Crippen LogP contribution in [0, 0.1) is 6.92 Å². The first-order chi connectivity index (χ1) is 17.3. The highest BCUT2D eigenvalue weighted by molar-refractivity contribution is 7.92. The van der Waals surface area contributed by atoms with E-state index in [4.69, 9.17) is 22.3 Å². The maximum atomic E-state index is 13.0. The molecule has 36 heavy (non-hydrogen) atoms. The maximum Gasteiger partial charge on any atom is 0.262 e. The minimum absolute atomic E-state index is 0.135. The molecule has 0 bridgehead atoms. The number of imidazole rings is 1. The van der Waals surface area contributed by atoms with E-state index in [-0.39, 0.29) is 4.90 Å². The lowest BCUT2D eigenvalue weighted by atomic mass is 10.2. The van der Waals surface area contributed by atoms with Crippen molar-refractivity contribution >= 4 is 55.2 Å². The van der Waals surface area contributed by atoms with Crippen molar-refractivity contribution in [2.24, 2.45) is 0 Å². The van der Waals surface area contributed by atoms with Gasteiger partial charge in [-0.05, 0) is 55.7 Å². The molecular formula is C25H24ClN7O2S. The van der Waals surface area contributed by atoms with Crippen molar-refractivity contribution in [3.63, 3.8) is 0 Å². The van der Waals surface area contributed by atoms with Gasteiger partial charge in [0.2, 0.25) is 0 Å². The Morgan fingerprint density at radius 2 is 1.97 bits per heavy atom. The van der Waals surface area contributed by atoms with Gasteiger partial charge in [-0.3, -0.25) is 4.72 Å². The van der Waals surface area contributed by atoms with Crippen LogP contribution in [0.4, 0.5) is 11.5 Å². The second-order valence-corrected chi connectivity index (χ2v) is 11.2. The van der Waals surface area contributed by atoms with Crippen LogP contribution in [-0.4, -0.2) is 32.9 Å². The van der Waals surface area contributed by atoms with Crippen molar-refractivity contribution in [2.75, 3.05) is 10.5 Å². The molecule has 9 nitrogen and oxygen atoms in total. The number of benzene rings is 2. The Morgan fingerprint density at radius 3 is 2.78 bits per heavy atom. The number of rotatable bonds is 5. The van der Waals surface area contributed by atoms with E-state index < -0.39 is 10.0 Å². The van der Waals surface area contributed by atoms with Crippen molar-refractivity contribution in [3.8, 4) is 11.4 Å². The predicted molar refractivity (Wildman–Crippen MR) is 142 cm³/mol. The minimum Gasteiger partial charge on any atom is -0.383 e. The number of hydrogen-bond donors (Lipinski definition) is 3. The second kappa shape index (κ2) is 8.49. The van der Waals surface area contributed by atoms with Gasteiger partial charge in [0, 0.05) is 22.8 Å². The molecule has 1 saturated carbocycles. The molecule has 0 saturated heterocycles. The highest BCUT2D eigenvalue weighted by Crippen LogP contribution is 2.38. The summed E-state index contributed by atoms with van der Waals surface area (Å²) in [6.45, 7) is 1.68. The minimum atomic E-state index is -3.83. The van der Waals surface area contributed by atoms with Crippen LogP contribution >= 0.6 is 11.6 Å². The topological polar surface area (TPSA) is 132 Å². The Hall–Kier alpha value is -3.63. The highest BCUT2D eigenvalue weighted by Gasteiger charge is 2.24. The van der Waals surface area contributed by atoms with Gasteiger partial charge in [-0.2, -0.15) is 0 Å². The van der Waals surface area contributed by atoms with E-state index in [1.807, 2.05) is 0 Å². The van der Waals surface area contributed by atoms with E-state index >= 15 is 0 Å². The molecular weight excluding hydrogens is 498 g/mol. The first-order valence-corrected chi connectivity index (χ1v) is 13.6. The largest absolute Gasteiger partial charge is 0.383 e. The quantitative estimate of drug-likeness (QED) is 0.282. The SMILES string of the molecule is Cc1c(Cl)cccc1S(=O)(=O)Nc1ccc2nc(-c3cn(C4CCCC4)c4ncnc(N)c34)[nH]c2c1. The fourth-order valence-electron chi connectivity index (χ4n) is 5.04. The summed E-state index contributed by atoms with van der Waals surface area (Å²) < 4.78 is 30.9. The Bertz CT molecular complexity index is 1740. The van der Waals surface area contributed by atoms with E-state index in [0.29, 0.717) is 45.0 Å². The fraction of sp³-hybridized carbons (Fsp3) is 0.240. The molecule has 0 spiro atoms. The van der Waals surface area contributed by atoms with Crippen LogP contribution in [0.25, 0.3) is 33.5 Å². The number of nitrogens with one attached hydrogen (secondary N) is 2. The van der Waals surface area contributed by atoms with Crippen molar-refractivity contribution in [1.29, 1.82) is 0 Å². The van der Waals surface area contributed by atoms with Crippen LogP contribution in [0.5, 0.6) is 0 Å². The third kappa shape index (κ3) is 3.77. The van der Waals surface area contributed by atoms with E-state index in [2.05, 4.69) is 30.4 Å². The lowest BCUT2D eigenvalue weighted by Crippen LogP contribution is -2.14. The Kier molecular flexibility index (Phi) is 5.38. The predicted octanol–water partition coefficient (Wildman–Crippen LogP) is 5.43. The number of nitrogen functional groups attached to an aromatic ring is 1. The molecule has 0 unspecified atom stereocenters. The van der Waals surface area contributed by atoms with Gasteiger partial charge in [0.1, 0.15) is 23.6 Å². The van der Waals surface area contributed by atoms with Gasteiger partial charge in [0.25, 0.3) is 10.0 Å². The maximum absolute atomic E-state index is 13.0. The normalized spacial score (nSPS) is 14.7. The van der Waals surface area contributed by atoms with E-state index in [9.17, 15) is 8.42 Å². The van der Waals surface area contributed by atoms with Gasteiger partial charge in [-0.1, -0.05) is 30.5 Å². The molecule has 1 fully saturated rings. The standard InChI is InChI=1S/C25H24ClN7O2S/c1-14-18(26)7-4-8-21(14)36(34,35)32-15-9-10-19-20(11-15)31-24(30-19)17-12-33(16-5-2-3-6-16)25-22(17)23(27)28-13-29-25/h4,7-13,16,32H,2-3,5-6H2,1H3,(H,30,31)(H2,27,28,29). The van der Waals surface area contributed by atoms with Gasteiger partial charge in [0.05, 0.1) is 27.0 Å². The second-order valence-electron chi connectivity index (χ2n) is 9.13. The van der Waals surface area contributed by atoms with Gasteiger partial charge in [-0.25, -0.2) is 23.4 Å². The van der Waals surface area contributed by atoms with Crippen LogP contribution in [0.15, 0.2) is 53.8 Å². The zero-order valence-electron chi connectivity index (χ0n) is 19.5. The van der Waals surface area contributed by atoms with Crippen LogP contribution < -0.4 is 10.5 Å². The van der Waals surface area contributed by atoms with Gasteiger partial charge >= 0.3 is 0 Å². The number of halogens is 1. The van der Waals surface area contributed by atoms with Crippen LogP contribution in [0.2, 0.25) is 5.02 Å². The smallest absolute Gasteiger partial charge is 0.262 e. The zero-order valence-corrected chi connectivity index (χ0v) is 21.1. The molecule has 3 heterocycles. The van der Waals surface area contributed by atoms with Crippen molar-refractivity contribution in [1.82, 2.24) is 24.5 Å². The number of aromatic nitrogens is 5. The molecule has 11 heteroatoms. The van der Waals surface area contributed by atoms with Gasteiger partial charge in [0.15, 0.2) is 0 Å². The molecule has 2 aromatic carbocycles. The molecule has 0 atom stereocenters. The van der Waals surface area contributed by atoms with Crippen molar-refractivity contribution in [2.45, 2.75) is 43.5 Å². The van der Waals surface area contributed by atoms with Gasteiger partial charge in [-0.15, -0.1) is 0 Å². The summed E-state index contributed by atoms with van der Waals surface area (Å²) in [7, 11) is -3.83. The molecule has 1 aliphatic carbocycles. The summed E-state index contributed by atoms with van der Waals surface area (Å²) in [6.07, 6.45) is 8.13. The number of nitrogens with zero attached hydrogens (tertiary/aromatic N) is 4. The van der Waals surface area contributed by atoms with E-state index in [1.165, 1.54) is 25.2 Å². The molecule has 0 amide bonds. The van der Waals surface area contributed by atoms with E-state index in [0.717, 1.165) is 29.4 Å². The average molecular weight is 522 g/mol. The molecule has 0 aliphatic heterocycles. The first kappa shape index (κ1) is 22.8. The molecule has 184 valence electrons. The van der Waals surface area contributed by atoms with Crippen LogP contribution in [0.1, 0.15) is 37.3 Å². The summed E-state index contributed by atoms with van der Waals surface area (Å²) in [6, 6.07) is 10.4. The summed E-state index contributed by atoms with van der Waals surface area (Å²) >= 11 is 6.13. The van der Waals surface area contributed by atoms with E-state index in [1.54, 1.807) is 37.3 Å². The first-order valence-electron chi connectivity index (χ1n) is 11.7. The summed E-state index contributed by atoms with van der Waals surface area (Å²) in [5.41, 5.74) is 10.2. The fourth-order valence-corrected chi connectivity index (χ4v) is 6.59. The van der Waals surface area contributed by atoms with Gasteiger partial charge < -0.3 is 15.3 Å². The number of H-pyrrole nitrogens is 1. The average Bonchev–Trinajstić information content (AvgIpc) is 3.58. The highest BCUT2D eigenvalue weighted by atomic mass is 35.5. The third-order valence-corrected chi connectivity index (χ3v) is 8.79. The third-order valence-electron chi connectivity index (χ3n) is 6.85. The number of fused-ring (bicyclic) bond motifs is 2. The molecule has 3 aromatic heterocycles. The molecule has 0 radical (unpaired) electrons. The summed E-state index contributed by atoms with van der Waals surface area (Å²) in [5.74, 6) is 1.02. The zero-order chi connectivity index (χ0) is 25.0.